The third-order valence-corrected chi connectivity index (χ3v) is 4.83. The van der Waals surface area contributed by atoms with Crippen molar-refractivity contribution in [1.82, 2.24) is 5.32 Å². The van der Waals surface area contributed by atoms with Crippen LogP contribution in [0.15, 0.2) is 46.3 Å². The van der Waals surface area contributed by atoms with E-state index in [0.717, 1.165) is 36.0 Å². The topological polar surface area (TPSA) is 74.5 Å². The summed E-state index contributed by atoms with van der Waals surface area (Å²) in [5, 5.41) is 11.5. The number of ether oxygens (including phenoxy) is 1. The van der Waals surface area contributed by atoms with Gasteiger partial charge in [0.25, 0.3) is 5.91 Å². The maximum atomic E-state index is 14.5. The summed E-state index contributed by atoms with van der Waals surface area (Å²) in [5.74, 6) is -2.57. The second-order valence-corrected chi connectivity index (χ2v) is 7.08. The van der Waals surface area contributed by atoms with Crippen LogP contribution in [0.1, 0.15) is 16.7 Å². The van der Waals surface area contributed by atoms with Gasteiger partial charge in [0.05, 0.1) is 28.6 Å². The first-order chi connectivity index (χ1) is 14.7. The van der Waals surface area contributed by atoms with Gasteiger partial charge >= 0.3 is 6.18 Å². The summed E-state index contributed by atoms with van der Waals surface area (Å²) in [6, 6.07) is 7.75. The van der Waals surface area contributed by atoms with Crippen LogP contribution in [0.25, 0.3) is 6.08 Å². The fourth-order valence-corrected chi connectivity index (χ4v) is 3.36. The van der Waals surface area contributed by atoms with E-state index in [0.29, 0.717) is 6.07 Å². The van der Waals surface area contributed by atoms with Gasteiger partial charge in [-0.25, -0.2) is 8.78 Å². The molecule has 0 saturated carbocycles. The molecule has 160 valence electrons. The van der Waals surface area contributed by atoms with Crippen molar-refractivity contribution >= 4 is 28.9 Å². The lowest BCUT2D eigenvalue weighted by atomic mass is 10.1. The van der Waals surface area contributed by atoms with Crippen molar-refractivity contribution in [1.29, 1.82) is 5.26 Å². The van der Waals surface area contributed by atoms with Crippen molar-refractivity contribution in [3.05, 3.63) is 63.8 Å². The minimum Gasteiger partial charge on any atom is -0.454 e. The van der Waals surface area contributed by atoms with Crippen LogP contribution in [0.4, 0.5) is 22.0 Å². The monoisotopic (exact) mass is 453 g/mol. The Labute approximate surface area is 177 Å². The lowest BCUT2D eigenvalue weighted by Gasteiger charge is -2.14. The third-order valence-electron chi connectivity index (χ3n) is 3.88. The fourth-order valence-electron chi connectivity index (χ4n) is 2.51. The lowest BCUT2D eigenvalue weighted by molar-refractivity contribution is -0.138. The van der Waals surface area contributed by atoms with Crippen molar-refractivity contribution in [3.8, 4) is 17.6 Å². The number of carbonyl (C=O) groups excluding carboxylic acids is 1. The van der Waals surface area contributed by atoms with Gasteiger partial charge in [-0.05, 0) is 53.7 Å². The predicted octanol–water partition coefficient (Wildman–Crippen LogP) is 5.04. The van der Waals surface area contributed by atoms with E-state index in [9.17, 15) is 26.7 Å². The normalized spacial score (nSPS) is 16.5. The fraction of sp³-hybridized carbons (Fsp3) is 0.150. The average molecular weight is 453 g/mol. The number of amidine groups is 1. The Bertz CT molecular complexity index is 1120. The Hall–Kier alpha value is -3.39. The molecule has 0 unspecified atom stereocenters. The Morgan fingerprint density at radius 2 is 1.94 bits per heavy atom. The number of benzene rings is 2. The van der Waals surface area contributed by atoms with E-state index >= 15 is 0 Å². The molecule has 0 spiro atoms. The van der Waals surface area contributed by atoms with E-state index in [1.54, 1.807) is 6.07 Å². The SMILES string of the molecule is N#Cc1ccc(Oc2ccc(/C=C3\SC(=NCCF)NC3=O)cc2F)c(C(F)(F)F)c1. The van der Waals surface area contributed by atoms with Crippen molar-refractivity contribution < 1.29 is 31.5 Å². The molecule has 1 aliphatic heterocycles. The molecule has 1 N–H and O–H groups in total. The molecular weight excluding hydrogens is 441 g/mol. The summed E-state index contributed by atoms with van der Waals surface area (Å²) in [6.07, 6.45) is -3.45. The summed E-state index contributed by atoms with van der Waals surface area (Å²) in [7, 11) is 0. The third kappa shape index (κ3) is 5.40. The minimum atomic E-state index is -4.81. The molecule has 1 aliphatic rings. The minimum absolute atomic E-state index is 0.105. The summed E-state index contributed by atoms with van der Waals surface area (Å²) in [5.41, 5.74) is -1.18. The van der Waals surface area contributed by atoms with Crippen molar-refractivity contribution in [3.63, 3.8) is 0 Å². The van der Waals surface area contributed by atoms with Gasteiger partial charge in [-0.2, -0.15) is 18.4 Å². The number of hydrogen-bond donors (Lipinski definition) is 1. The van der Waals surface area contributed by atoms with Gasteiger partial charge in [-0.15, -0.1) is 0 Å². The molecule has 0 aromatic heterocycles. The van der Waals surface area contributed by atoms with E-state index < -0.39 is 41.6 Å². The van der Waals surface area contributed by atoms with Gasteiger partial charge < -0.3 is 10.1 Å². The number of nitrogens with one attached hydrogen (secondary N) is 1. The Balaban J connectivity index is 1.85. The molecule has 31 heavy (non-hydrogen) atoms. The highest BCUT2D eigenvalue weighted by atomic mass is 32.2. The first-order valence-corrected chi connectivity index (χ1v) is 9.43. The second kappa shape index (κ2) is 9.18. The Morgan fingerprint density at radius 1 is 1.19 bits per heavy atom. The number of nitrogens with zero attached hydrogens (tertiary/aromatic N) is 2. The summed E-state index contributed by atoms with van der Waals surface area (Å²) >= 11 is 0.953. The van der Waals surface area contributed by atoms with Gasteiger partial charge in [-0.3, -0.25) is 9.79 Å². The number of nitriles is 1. The van der Waals surface area contributed by atoms with Gasteiger partial charge in [0.1, 0.15) is 12.4 Å². The summed E-state index contributed by atoms with van der Waals surface area (Å²) < 4.78 is 71.5. The van der Waals surface area contributed by atoms with Crippen molar-refractivity contribution in [2.45, 2.75) is 6.18 Å². The molecule has 1 amide bonds. The number of amides is 1. The van der Waals surface area contributed by atoms with Crippen LogP contribution >= 0.6 is 11.8 Å². The Morgan fingerprint density at radius 3 is 2.58 bits per heavy atom. The van der Waals surface area contributed by atoms with E-state index in [2.05, 4.69) is 10.3 Å². The van der Waals surface area contributed by atoms with E-state index in [1.165, 1.54) is 12.1 Å². The van der Waals surface area contributed by atoms with Gasteiger partial charge in [0.2, 0.25) is 0 Å². The highest BCUT2D eigenvalue weighted by Crippen LogP contribution is 2.39. The number of rotatable bonds is 5. The van der Waals surface area contributed by atoms with Crippen LogP contribution in [0, 0.1) is 17.1 Å². The molecule has 2 aromatic carbocycles. The number of carbonyl (C=O) groups is 1. The first kappa shape index (κ1) is 22.3. The molecule has 1 saturated heterocycles. The molecule has 0 aliphatic carbocycles. The van der Waals surface area contributed by atoms with Crippen molar-refractivity contribution in [2.75, 3.05) is 13.2 Å². The summed E-state index contributed by atoms with van der Waals surface area (Å²) in [4.78, 5) is 15.9. The number of aliphatic imine (C=N–C) groups is 1. The number of thioether (sulfide) groups is 1. The number of halogens is 5. The maximum absolute atomic E-state index is 14.5. The molecule has 2 aromatic rings. The second-order valence-electron chi connectivity index (χ2n) is 6.05. The highest BCUT2D eigenvalue weighted by molar-refractivity contribution is 8.18. The molecule has 5 nitrogen and oxygen atoms in total. The van der Waals surface area contributed by atoms with Crippen LogP contribution in [0.2, 0.25) is 0 Å². The van der Waals surface area contributed by atoms with E-state index in [4.69, 9.17) is 10.00 Å². The molecule has 3 rings (SSSR count). The molecule has 0 radical (unpaired) electrons. The van der Waals surface area contributed by atoms with Crippen LogP contribution in [-0.4, -0.2) is 24.3 Å². The zero-order valence-corrected chi connectivity index (χ0v) is 16.3. The molecule has 0 bridgehead atoms. The maximum Gasteiger partial charge on any atom is 0.420 e. The zero-order chi connectivity index (χ0) is 22.6. The molecular formula is C20H12F5N3O2S. The molecule has 1 heterocycles. The molecule has 1 fully saturated rings. The van der Waals surface area contributed by atoms with Gasteiger partial charge in [0.15, 0.2) is 16.7 Å². The van der Waals surface area contributed by atoms with Crippen LogP contribution in [0.5, 0.6) is 11.5 Å². The Kier molecular flexibility index (Phi) is 6.60. The van der Waals surface area contributed by atoms with Gasteiger partial charge in [0, 0.05) is 0 Å². The predicted molar refractivity (Wildman–Crippen MR) is 105 cm³/mol. The zero-order valence-electron chi connectivity index (χ0n) is 15.5. The molecule has 0 atom stereocenters. The van der Waals surface area contributed by atoms with Crippen LogP contribution in [0.3, 0.4) is 0 Å². The van der Waals surface area contributed by atoms with Crippen LogP contribution < -0.4 is 10.1 Å². The van der Waals surface area contributed by atoms with E-state index in [1.807, 2.05) is 0 Å². The summed E-state index contributed by atoms with van der Waals surface area (Å²) in [6.45, 7) is -0.785. The van der Waals surface area contributed by atoms with Crippen molar-refractivity contribution in [2.24, 2.45) is 4.99 Å². The largest absolute Gasteiger partial charge is 0.454 e. The smallest absolute Gasteiger partial charge is 0.420 e. The van der Waals surface area contributed by atoms with Crippen LogP contribution in [-0.2, 0) is 11.0 Å². The molecule has 11 heteroatoms. The number of hydrogen-bond acceptors (Lipinski definition) is 5. The van der Waals surface area contributed by atoms with Gasteiger partial charge in [-0.1, -0.05) is 6.07 Å². The highest BCUT2D eigenvalue weighted by Gasteiger charge is 2.35. The number of alkyl halides is 4. The average Bonchev–Trinajstić information content (AvgIpc) is 3.07. The standard InChI is InChI=1S/C20H12F5N3O2S/c21-5-6-27-19-28-18(29)17(31-19)9-11-1-4-16(14(22)8-11)30-15-3-2-12(10-26)7-13(15)20(23,24)25/h1-4,7-9H,5-6H2,(H,27,28,29)/b17-9-. The quantitative estimate of drug-likeness (QED) is 0.509. The van der Waals surface area contributed by atoms with E-state index in [-0.39, 0.29) is 27.7 Å². The first-order valence-electron chi connectivity index (χ1n) is 8.61. The lowest BCUT2D eigenvalue weighted by Crippen LogP contribution is -2.20.